The summed E-state index contributed by atoms with van der Waals surface area (Å²) < 4.78 is 0. The van der Waals surface area contributed by atoms with Crippen LogP contribution < -0.4 is 16.2 Å². The van der Waals surface area contributed by atoms with Gasteiger partial charge >= 0.3 is 0 Å². The van der Waals surface area contributed by atoms with Gasteiger partial charge in [0.25, 0.3) is 0 Å². The molecule has 18 heavy (non-hydrogen) atoms. The summed E-state index contributed by atoms with van der Waals surface area (Å²) in [6.07, 6.45) is 1.89. The van der Waals surface area contributed by atoms with Gasteiger partial charge in [-0.25, -0.2) is 15.8 Å². The minimum absolute atomic E-state index is 0.457. The van der Waals surface area contributed by atoms with E-state index in [1.807, 2.05) is 13.8 Å². The van der Waals surface area contributed by atoms with Crippen LogP contribution in [0.15, 0.2) is 0 Å². The van der Waals surface area contributed by atoms with Gasteiger partial charge in [0.05, 0.1) is 0 Å². The maximum atomic E-state index is 5.53. The van der Waals surface area contributed by atoms with Gasteiger partial charge in [0, 0.05) is 24.6 Å². The van der Waals surface area contributed by atoms with Gasteiger partial charge in [-0.2, -0.15) is 0 Å². The molecule has 1 rings (SSSR count). The number of aromatic nitrogens is 2. The molecule has 1 heterocycles. The van der Waals surface area contributed by atoms with Crippen molar-refractivity contribution in [2.45, 2.75) is 53.5 Å². The molecule has 0 aliphatic carbocycles. The van der Waals surface area contributed by atoms with Crippen LogP contribution in [-0.2, 0) is 6.42 Å². The molecule has 0 saturated carbocycles. The summed E-state index contributed by atoms with van der Waals surface area (Å²) in [6, 6.07) is 0.457. The lowest BCUT2D eigenvalue weighted by atomic mass is 10.2. The molecule has 1 atom stereocenters. The quantitative estimate of drug-likeness (QED) is 0.599. The Labute approximate surface area is 110 Å². The molecule has 0 aromatic carbocycles. The van der Waals surface area contributed by atoms with Crippen molar-refractivity contribution in [1.82, 2.24) is 9.97 Å². The van der Waals surface area contributed by atoms with Gasteiger partial charge in [-0.05, 0) is 27.2 Å². The Balaban J connectivity index is 3.27. The number of nitrogens with two attached hydrogens (primary N) is 1. The highest BCUT2D eigenvalue weighted by Crippen LogP contribution is 2.25. The number of hydrogen-bond acceptors (Lipinski definition) is 5. The first-order chi connectivity index (χ1) is 8.58. The second kappa shape index (κ2) is 6.54. The van der Waals surface area contributed by atoms with Crippen molar-refractivity contribution in [2.24, 2.45) is 5.84 Å². The van der Waals surface area contributed by atoms with E-state index in [1.54, 1.807) is 0 Å². The van der Waals surface area contributed by atoms with Crippen molar-refractivity contribution in [2.75, 3.05) is 16.9 Å². The van der Waals surface area contributed by atoms with E-state index < -0.39 is 0 Å². The lowest BCUT2D eigenvalue weighted by molar-refractivity contribution is 0.618. The molecule has 0 aliphatic rings. The van der Waals surface area contributed by atoms with E-state index in [0.29, 0.717) is 6.04 Å². The zero-order valence-electron chi connectivity index (χ0n) is 12.1. The molecular formula is C13H25N5. The first-order valence-corrected chi connectivity index (χ1v) is 6.69. The third kappa shape index (κ3) is 2.90. The fourth-order valence-corrected chi connectivity index (χ4v) is 2.02. The van der Waals surface area contributed by atoms with Crippen LogP contribution in [0.1, 0.15) is 45.5 Å². The van der Waals surface area contributed by atoms with E-state index in [-0.39, 0.29) is 0 Å². The summed E-state index contributed by atoms with van der Waals surface area (Å²) in [5.41, 5.74) is 3.68. The highest BCUT2D eigenvalue weighted by atomic mass is 15.3. The Morgan fingerprint density at radius 2 is 1.94 bits per heavy atom. The Bertz CT molecular complexity index is 391. The second-order valence-electron chi connectivity index (χ2n) is 4.48. The topological polar surface area (TPSA) is 67.1 Å². The third-order valence-corrected chi connectivity index (χ3v) is 3.36. The van der Waals surface area contributed by atoms with E-state index >= 15 is 0 Å². The number of rotatable bonds is 6. The summed E-state index contributed by atoms with van der Waals surface area (Å²) in [6.45, 7) is 11.5. The molecule has 0 radical (unpaired) electrons. The van der Waals surface area contributed by atoms with Gasteiger partial charge in [0.1, 0.15) is 17.5 Å². The largest absolute Gasteiger partial charge is 0.354 e. The normalized spacial score (nSPS) is 12.3. The maximum absolute atomic E-state index is 5.53. The molecule has 1 aromatic heterocycles. The molecule has 0 aliphatic heterocycles. The van der Waals surface area contributed by atoms with Gasteiger partial charge in [-0.15, -0.1) is 0 Å². The zero-order valence-corrected chi connectivity index (χ0v) is 12.1. The Morgan fingerprint density at radius 1 is 1.28 bits per heavy atom. The standard InChI is InChI=1S/C13H25N5/c1-6-9(4)18(8-3)13-10(5)12(17-14)15-11(7-2)16-13/h9H,6-8,14H2,1-5H3,(H,15,16,17). The van der Waals surface area contributed by atoms with Gasteiger partial charge in [0.15, 0.2) is 0 Å². The van der Waals surface area contributed by atoms with Crippen LogP contribution in [0.3, 0.4) is 0 Å². The summed E-state index contributed by atoms with van der Waals surface area (Å²) in [7, 11) is 0. The fraction of sp³-hybridized carbons (Fsp3) is 0.692. The molecule has 0 spiro atoms. The fourth-order valence-electron chi connectivity index (χ4n) is 2.02. The van der Waals surface area contributed by atoms with Crippen molar-refractivity contribution in [3.8, 4) is 0 Å². The third-order valence-electron chi connectivity index (χ3n) is 3.36. The van der Waals surface area contributed by atoms with Crippen molar-refractivity contribution in [1.29, 1.82) is 0 Å². The Morgan fingerprint density at radius 3 is 2.39 bits per heavy atom. The highest BCUT2D eigenvalue weighted by molar-refractivity contribution is 5.58. The molecule has 0 fully saturated rings. The average Bonchev–Trinajstić information content (AvgIpc) is 2.40. The van der Waals surface area contributed by atoms with E-state index in [1.165, 1.54) is 0 Å². The van der Waals surface area contributed by atoms with Crippen molar-refractivity contribution in [3.05, 3.63) is 11.4 Å². The summed E-state index contributed by atoms with van der Waals surface area (Å²) in [5, 5.41) is 0. The lowest BCUT2D eigenvalue weighted by Gasteiger charge is -2.30. The number of hydrazine groups is 1. The van der Waals surface area contributed by atoms with Crippen LogP contribution in [0.2, 0.25) is 0 Å². The molecule has 0 bridgehead atoms. The second-order valence-corrected chi connectivity index (χ2v) is 4.48. The van der Waals surface area contributed by atoms with Crippen LogP contribution in [0.5, 0.6) is 0 Å². The Hall–Kier alpha value is -1.36. The number of aryl methyl sites for hydroxylation is 1. The van der Waals surface area contributed by atoms with Gasteiger partial charge < -0.3 is 10.3 Å². The van der Waals surface area contributed by atoms with Crippen molar-refractivity contribution >= 4 is 11.6 Å². The van der Waals surface area contributed by atoms with Crippen LogP contribution in [-0.4, -0.2) is 22.6 Å². The minimum Gasteiger partial charge on any atom is -0.354 e. The highest BCUT2D eigenvalue weighted by Gasteiger charge is 2.18. The predicted molar refractivity (Wildman–Crippen MR) is 76.7 cm³/mol. The molecule has 1 unspecified atom stereocenters. The molecule has 5 nitrogen and oxygen atoms in total. The minimum atomic E-state index is 0.457. The van der Waals surface area contributed by atoms with Crippen LogP contribution in [0.4, 0.5) is 11.6 Å². The van der Waals surface area contributed by atoms with Crippen LogP contribution in [0.25, 0.3) is 0 Å². The maximum Gasteiger partial charge on any atom is 0.148 e. The molecule has 1 aromatic rings. The van der Waals surface area contributed by atoms with Crippen molar-refractivity contribution in [3.63, 3.8) is 0 Å². The number of nitrogens with one attached hydrogen (secondary N) is 1. The number of hydrogen-bond donors (Lipinski definition) is 2. The summed E-state index contributed by atoms with van der Waals surface area (Å²) in [4.78, 5) is 11.4. The number of anilines is 2. The van der Waals surface area contributed by atoms with E-state index in [9.17, 15) is 0 Å². The SMILES string of the molecule is CCc1nc(NN)c(C)c(N(CC)C(C)CC)n1. The lowest BCUT2D eigenvalue weighted by Crippen LogP contribution is -2.34. The van der Waals surface area contributed by atoms with Gasteiger partial charge in [-0.3, -0.25) is 0 Å². The van der Waals surface area contributed by atoms with Gasteiger partial charge in [0.2, 0.25) is 0 Å². The first-order valence-electron chi connectivity index (χ1n) is 6.69. The Kier molecular flexibility index (Phi) is 5.34. The summed E-state index contributed by atoms with van der Waals surface area (Å²) in [5.74, 6) is 8.07. The molecule has 3 N–H and O–H groups in total. The smallest absolute Gasteiger partial charge is 0.148 e. The van der Waals surface area contributed by atoms with E-state index in [2.05, 4.69) is 41.1 Å². The van der Waals surface area contributed by atoms with Crippen molar-refractivity contribution < 1.29 is 0 Å². The number of nitrogens with zero attached hydrogens (tertiary/aromatic N) is 3. The molecule has 5 heteroatoms. The number of nitrogen functional groups attached to an aromatic ring is 1. The monoisotopic (exact) mass is 251 g/mol. The van der Waals surface area contributed by atoms with Gasteiger partial charge in [-0.1, -0.05) is 13.8 Å². The first kappa shape index (κ1) is 14.7. The average molecular weight is 251 g/mol. The molecular weight excluding hydrogens is 226 g/mol. The van der Waals surface area contributed by atoms with Crippen LogP contribution >= 0.6 is 0 Å². The molecule has 0 amide bonds. The van der Waals surface area contributed by atoms with E-state index in [0.717, 1.165) is 42.4 Å². The van der Waals surface area contributed by atoms with Crippen LogP contribution in [0, 0.1) is 6.92 Å². The summed E-state index contributed by atoms with van der Waals surface area (Å²) >= 11 is 0. The predicted octanol–water partition coefficient (Wildman–Crippen LogP) is 2.26. The van der Waals surface area contributed by atoms with E-state index in [4.69, 9.17) is 5.84 Å². The molecule has 102 valence electrons. The zero-order chi connectivity index (χ0) is 13.7. The molecule has 0 saturated heterocycles.